The average Bonchev–Trinajstić information content (AvgIpc) is 2.86. The molecule has 4 heteroatoms. The molecular weight excluding hydrogens is 410 g/mol. The number of fused-ring (bicyclic) bond motifs is 2. The number of rotatable bonds is 4. The van der Waals surface area contributed by atoms with Gasteiger partial charge >= 0.3 is 5.97 Å². The highest BCUT2D eigenvalue weighted by Gasteiger charge is 2.55. The van der Waals surface area contributed by atoms with Gasteiger partial charge < -0.3 is 10.4 Å². The van der Waals surface area contributed by atoms with Crippen LogP contribution in [0.25, 0.3) is 10.8 Å². The van der Waals surface area contributed by atoms with E-state index in [-0.39, 0.29) is 17.7 Å². The molecule has 0 spiro atoms. The Balaban J connectivity index is 1.40. The Kier molecular flexibility index (Phi) is 4.54. The van der Waals surface area contributed by atoms with Crippen molar-refractivity contribution in [2.45, 2.75) is 18.4 Å². The molecule has 0 fully saturated rings. The molecular formula is C29H23NO3. The first-order chi connectivity index (χ1) is 16.1. The Morgan fingerprint density at radius 1 is 0.667 bits per heavy atom. The van der Waals surface area contributed by atoms with Gasteiger partial charge in [0.15, 0.2) is 0 Å². The molecule has 162 valence electrons. The summed E-state index contributed by atoms with van der Waals surface area (Å²) in [5, 5.41) is 15.6. The molecule has 2 unspecified atom stereocenters. The highest BCUT2D eigenvalue weighted by molar-refractivity contribution is 5.90. The molecule has 0 saturated carbocycles. The lowest BCUT2D eigenvalue weighted by molar-refractivity contribution is -0.149. The predicted molar refractivity (Wildman–Crippen MR) is 127 cm³/mol. The number of amides is 1. The summed E-state index contributed by atoms with van der Waals surface area (Å²) in [6.45, 7) is 0.365. The maximum atomic E-state index is 13.7. The number of carbonyl (C=O) groups is 2. The normalized spacial score (nSPS) is 22.4. The van der Waals surface area contributed by atoms with Crippen molar-refractivity contribution in [1.29, 1.82) is 0 Å². The third-order valence-corrected chi connectivity index (χ3v) is 7.36. The van der Waals surface area contributed by atoms with Crippen molar-refractivity contribution >= 4 is 22.6 Å². The van der Waals surface area contributed by atoms with E-state index in [0.29, 0.717) is 6.54 Å². The number of carboxylic acid groups (broad SMARTS) is 1. The highest BCUT2D eigenvalue weighted by Crippen LogP contribution is 2.58. The summed E-state index contributed by atoms with van der Waals surface area (Å²) in [4.78, 5) is 26.2. The number of carbonyl (C=O) groups excluding carboxylic acids is 1. The van der Waals surface area contributed by atoms with E-state index in [1.54, 1.807) is 0 Å². The van der Waals surface area contributed by atoms with E-state index in [4.69, 9.17) is 0 Å². The van der Waals surface area contributed by atoms with Crippen molar-refractivity contribution in [2.24, 2.45) is 11.8 Å². The van der Waals surface area contributed by atoms with Crippen LogP contribution >= 0.6 is 0 Å². The fourth-order valence-electron chi connectivity index (χ4n) is 6.04. The lowest BCUT2D eigenvalue weighted by Crippen LogP contribution is -2.50. The Bertz CT molecular complexity index is 1360. The fraction of sp³-hybridized carbons (Fsp3) is 0.172. The Hall–Kier alpha value is -3.92. The molecule has 2 N–H and O–H groups in total. The summed E-state index contributed by atoms with van der Waals surface area (Å²) in [7, 11) is 0. The lowest BCUT2D eigenvalue weighted by Gasteiger charge is -2.48. The zero-order valence-electron chi connectivity index (χ0n) is 17.9. The van der Waals surface area contributed by atoms with Gasteiger partial charge in [-0.15, -0.1) is 0 Å². The van der Waals surface area contributed by atoms with E-state index in [1.165, 1.54) is 0 Å². The second-order valence-corrected chi connectivity index (χ2v) is 8.96. The molecule has 3 aliphatic rings. The number of benzene rings is 4. The van der Waals surface area contributed by atoms with Crippen molar-refractivity contribution in [1.82, 2.24) is 5.32 Å². The van der Waals surface area contributed by atoms with Gasteiger partial charge in [0.25, 0.3) is 0 Å². The third kappa shape index (κ3) is 2.98. The van der Waals surface area contributed by atoms with Crippen LogP contribution in [0.5, 0.6) is 0 Å². The first kappa shape index (κ1) is 19.7. The van der Waals surface area contributed by atoms with Gasteiger partial charge in [0.05, 0.1) is 11.8 Å². The van der Waals surface area contributed by atoms with Gasteiger partial charge in [0, 0.05) is 18.4 Å². The molecule has 0 aromatic heterocycles. The molecule has 0 heterocycles. The minimum Gasteiger partial charge on any atom is -0.481 e. The standard InChI is InChI=1S/C29H23NO3/c31-28(30-16-18-10-7-9-17-8-1-2-11-19(17)18)26-24-20-12-3-5-14-22(20)25(27(26)29(32)33)23-15-6-4-13-21(23)24/h1-15,24-27H,16H2,(H,30,31)(H,32,33). The summed E-state index contributed by atoms with van der Waals surface area (Å²) in [5.74, 6) is -3.17. The fourth-order valence-corrected chi connectivity index (χ4v) is 6.04. The van der Waals surface area contributed by atoms with Crippen LogP contribution in [0.1, 0.15) is 39.7 Å². The van der Waals surface area contributed by atoms with Crippen LogP contribution in [0.2, 0.25) is 0 Å². The number of nitrogens with one attached hydrogen (secondary N) is 1. The first-order valence-corrected chi connectivity index (χ1v) is 11.3. The SMILES string of the molecule is O=C(O)C1C2c3ccccc3C(c3ccccc32)C1C(=O)NCc1cccc2ccccc12. The zero-order valence-corrected chi connectivity index (χ0v) is 17.9. The Labute approximate surface area is 191 Å². The number of hydrogen-bond donors (Lipinski definition) is 2. The predicted octanol–water partition coefficient (Wildman–Crippen LogP) is 5.06. The van der Waals surface area contributed by atoms with Crippen LogP contribution < -0.4 is 5.32 Å². The van der Waals surface area contributed by atoms with Crippen LogP contribution in [-0.4, -0.2) is 17.0 Å². The van der Waals surface area contributed by atoms with Gasteiger partial charge in [-0.1, -0.05) is 91.0 Å². The molecule has 1 amide bonds. The molecule has 2 atom stereocenters. The number of hydrogen-bond acceptors (Lipinski definition) is 2. The summed E-state index contributed by atoms with van der Waals surface area (Å²) in [6, 6.07) is 30.1. The van der Waals surface area contributed by atoms with E-state index in [0.717, 1.165) is 38.6 Å². The molecule has 33 heavy (non-hydrogen) atoms. The van der Waals surface area contributed by atoms with E-state index < -0.39 is 17.8 Å². The number of carboxylic acids is 1. The van der Waals surface area contributed by atoms with Crippen LogP contribution in [0.4, 0.5) is 0 Å². The molecule has 3 aliphatic carbocycles. The maximum absolute atomic E-state index is 13.7. The largest absolute Gasteiger partial charge is 0.481 e. The summed E-state index contributed by atoms with van der Waals surface area (Å²) in [5.41, 5.74) is 5.24. The van der Waals surface area contributed by atoms with Crippen molar-refractivity contribution in [3.05, 3.63) is 119 Å². The summed E-state index contributed by atoms with van der Waals surface area (Å²) >= 11 is 0. The minimum absolute atomic E-state index is 0.200. The second-order valence-electron chi connectivity index (χ2n) is 8.96. The van der Waals surface area contributed by atoms with E-state index in [2.05, 4.69) is 17.4 Å². The summed E-state index contributed by atoms with van der Waals surface area (Å²) < 4.78 is 0. The van der Waals surface area contributed by atoms with Crippen molar-refractivity contribution in [2.75, 3.05) is 0 Å². The first-order valence-electron chi connectivity index (χ1n) is 11.3. The van der Waals surface area contributed by atoms with Crippen molar-refractivity contribution in [3.63, 3.8) is 0 Å². The van der Waals surface area contributed by atoms with Gasteiger partial charge in [0.1, 0.15) is 0 Å². The third-order valence-electron chi connectivity index (χ3n) is 7.36. The number of aliphatic carboxylic acids is 1. The van der Waals surface area contributed by atoms with Crippen molar-refractivity contribution in [3.8, 4) is 0 Å². The Morgan fingerprint density at radius 3 is 1.79 bits per heavy atom. The van der Waals surface area contributed by atoms with E-state index in [9.17, 15) is 14.7 Å². The van der Waals surface area contributed by atoms with Gasteiger partial charge in [-0.3, -0.25) is 9.59 Å². The average molecular weight is 434 g/mol. The maximum Gasteiger partial charge on any atom is 0.308 e. The Morgan fingerprint density at radius 2 is 1.18 bits per heavy atom. The molecule has 7 rings (SSSR count). The minimum atomic E-state index is -0.917. The van der Waals surface area contributed by atoms with Gasteiger partial charge in [-0.2, -0.15) is 0 Å². The van der Waals surface area contributed by atoms with Crippen LogP contribution in [-0.2, 0) is 16.1 Å². The van der Waals surface area contributed by atoms with Crippen LogP contribution in [0, 0.1) is 11.8 Å². The van der Waals surface area contributed by atoms with Gasteiger partial charge in [-0.25, -0.2) is 0 Å². The van der Waals surface area contributed by atoms with Crippen LogP contribution in [0.15, 0.2) is 91.0 Å². The molecule has 2 bridgehead atoms. The molecule has 0 radical (unpaired) electrons. The topological polar surface area (TPSA) is 66.4 Å². The monoisotopic (exact) mass is 433 g/mol. The molecule has 4 aromatic carbocycles. The lowest BCUT2D eigenvalue weighted by atomic mass is 9.54. The zero-order chi connectivity index (χ0) is 22.5. The second kappa shape index (κ2) is 7.59. The summed E-state index contributed by atoms with van der Waals surface area (Å²) in [6.07, 6.45) is 0. The highest BCUT2D eigenvalue weighted by atomic mass is 16.4. The smallest absolute Gasteiger partial charge is 0.308 e. The van der Waals surface area contributed by atoms with E-state index in [1.807, 2.05) is 78.9 Å². The quantitative estimate of drug-likeness (QED) is 0.473. The van der Waals surface area contributed by atoms with Crippen molar-refractivity contribution < 1.29 is 14.7 Å². The molecule has 4 nitrogen and oxygen atoms in total. The van der Waals surface area contributed by atoms with Gasteiger partial charge in [0.2, 0.25) is 5.91 Å². The van der Waals surface area contributed by atoms with Crippen LogP contribution in [0.3, 0.4) is 0 Å². The molecule has 0 saturated heterocycles. The molecule has 0 aliphatic heterocycles. The molecule has 4 aromatic rings. The van der Waals surface area contributed by atoms with Gasteiger partial charge in [-0.05, 0) is 38.6 Å². The van der Waals surface area contributed by atoms with E-state index >= 15 is 0 Å².